The summed E-state index contributed by atoms with van der Waals surface area (Å²) in [6, 6.07) is 0.421. The van der Waals surface area contributed by atoms with Gasteiger partial charge in [0.2, 0.25) is 5.91 Å². The molecule has 2 saturated heterocycles. The molecular formula is C21H25F4N5O4S. The quantitative estimate of drug-likeness (QED) is 0.581. The zero-order valence-corrected chi connectivity index (χ0v) is 19.9. The second kappa shape index (κ2) is 9.28. The highest BCUT2D eigenvalue weighted by molar-refractivity contribution is 7.90. The Balaban J connectivity index is 1.41. The number of nitrogens with one attached hydrogen (secondary N) is 1. The van der Waals surface area contributed by atoms with Crippen LogP contribution in [-0.4, -0.2) is 67.3 Å². The summed E-state index contributed by atoms with van der Waals surface area (Å²) >= 11 is 0. The van der Waals surface area contributed by atoms with Crippen molar-refractivity contribution in [3.63, 3.8) is 0 Å². The molecule has 0 bridgehead atoms. The molecule has 0 radical (unpaired) electrons. The number of hydrogen-bond acceptors (Lipinski definition) is 8. The van der Waals surface area contributed by atoms with Gasteiger partial charge in [0.1, 0.15) is 11.7 Å². The van der Waals surface area contributed by atoms with Crippen molar-refractivity contribution >= 4 is 27.4 Å². The van der Waals surface area contributed by atoms with Crippen LogP contribution in [0.25, 0.3) is 0 Å². The molecule has 0 spiro atoms. The van der Waals surface area contributed by atoms with Crippen molar-refractivity contribution in [1.82, 2.24) is 15.0 Å². The molecule has 9 nitrogen and oxygen atoms in total. The number of aromatic nitrogens is 2. The lowest BCUT2D eigenvalue weighted by atomic mass is 9.97. The second-order valence-corrected chi connectivity index (χ2v) is 10.9. The molecule has 0 aliphatic carbocycles. The molecule has 1 N–H and O–H groups in total. The fourth-order valence-corrected chi connectivity index (χ4v) is 5.01. The normalized spacial score (nSPS) is 20.4. The molecule has 2 aromatic rings. The van der Waals surface area contributed by atoms with Gasteiger partial charge in [-0.1, -0.05) is 0 Å². The van der Waals surface area contributed by atoms with Crippen molar-refractivity contribution in [2.45, 2.75) is 55.5 Å². The van der Waals surface area contributed by atoms with E-state index in [1.54, 1.807) is 9.80 Å². The van der Waals surface area contributed by atoms with Gasteiger partial charge in [0, 0.05) is 38.9 Å². The van der Waals surface area contributed by atoms with Crippen molar-refractivity contribution < 1.29 is 35.3 Å². The van der Waals surface area contributed by atoms with Gasteiger partial charge in [0.05, 0.1) is 4.90 Å². The van der Waals surface area contributed by atoms with Crippen molar-refractivity contribution in [1.29, 1.82) is 0 Å². The minimum absolute atomic E-state index is 0.0629. The van der Waals surface area contributed by atoms with E-state index in [-0.39, 0.29) is 17.9 Å². The summed E-state index contributed by atoms with van der Waals surface area (Å²) in [5.74, 6) is -6.45. The first-order chi connectivity index (χ1) is 16.3. The minimum Gasteiger partial charge on any atom is -0.369 e. The van der Waals surface area contributed by atoms with E-state index in [1.165, 1.54) is 0 Å². The predicted octanol–water partition coefficient (Wildman–Crippen LogP) is 2.93. The van der Waals surface area contributed by atoms with Crippen molar-refractivity contribution in [3.8, 4) is 0 Å². The monoisotopic (exact) mass is 519 g/mol. The van der Waals surface area contributed by atoms with E-state index >= 15 is 0 Å². The number of amides is 1. The molecule has 0 saturated carbocycles. The molecule has 2 aliphatic heterocycles. The average Bonchev–Trinajstić information content (AvgIpc) is 3.28. The van der Waals surface area contributed by atoms with Crippen LogP contribution in [0.1, 0.15) is 38.5 Å². The number of carbonyl (C=O) groups excluding carboxylic acids is 1. The largest absolute Gasteiger partial charge is 0.369 e. The lowest BCUT2D eigenvalue weighted by Crippen LogP contribution is -2.55. The molecule has 192 valence electrons. The SMILES string of the molecule is CC(F)(F)c1nc(N2CCC(N3CCC[C@H](Nc4c(F)cc(S(C)(=O)=O)cc4F)C3=O)CC2)no1. The maximum Gasteiger partial charge on any atom is 0.322 e. The van der Waals surface area contributed by atoms with Crippen molar-refractivity contribution in [3.05, 3.63) is 29.7 Å². The fraction of sp³-hybridized carbons (Fsp3) is 0.571. The molecule has 1 atom stereocenters. The number of sulfone groups is 1. The smallest absolute Gasteiger partial charge is 0.322 e. The first kappa shape index (κ1) is 25.2. The van der Waals surface area contributed by atoms with E-state index in [9.17, 15) is 30.8 Å². The molecule has 4 rings (SSSR count). The minimum atomic E-state index is -3.80. The lowest BCUT2D eigenvalue weighted by molar-refractivity contribution is -0.137. The fourth-order valence-electron chi connectivity index (χ4n) is 4.37. The number of anilines is 2. The molecule has 2 aliphatic rings. The molecular weight excluding hydrogens is 494 g/mol. The average molecular weight is 520 g/mol. The molecule has 35 heavy (non-hydrogen) atoms. The zero-order chi connectivity index (χ0) is 25.5. The van der Waals surface area contributed by atoms with E-state index < -0.39 is 49.9 Å². The van der Waals surface area contributed by atoms with E-state index in [0.717, 1.165) is 18.4 Å². The zero-order valence-electron chi connectivity index (χ0n) is 19.1. The Bertz CT molecular complexity index is 1190. The lowest BCUT2D eigenvalue weighted by Gasteiger charge is -2.42. The Hall–Kier alpha value is -2.90. The number of rotatable bonds is 6. The summed E-state index contributed by atoms with van der Waals surface area (Å²) in [7, 11) is -3.80. The number of likely N-dealkylation sites (tertiary alicyclic amines) is 1. The molecule has 14 heteroatoms. The summed E-state index contributed by atoms with van der Waals surface area (Å²) in [6.07, 6.45) is 2.86. The van der Waals surface area contributed by atoms with E-state index in [2.05, 4.69) is 20.0 Å². The number of hydrogen-bond donors (Lipinski definition) is 1. The van der Waals surface area contributed by atoms with Crippen LogP contribution >= 0.6 is 0 Å². The highest BCUT2D eigenvalue weighted by Crippen LogP contribution is 2.30. The van der Waals surface area contributed by atoms with Gasteiger partial charge in [0.25, 0.3) is 11.8 Å². The number of alkyl halides is 2. The van der Waals surface area contributed by atoms with E-state index in [4.69, 9.17) is 0 Å². The van der Waals surface area contributed by atoms with Crippen LogP contribution in [0.4, 0.5) is 29.2 Å². The number of piperidine rings is 2. The van der Waals surface area contributed by atoms with Gasteiger partial charge in [-0.2, -0.15) is 13.8 Å². The predicted molar refractivity (Wildman–Crippen MR) is 117 cm³/mol. The third kappa shape index (κ3) is 5.36. The number of nitrogens with zero attached hydrogens (tertiary/aromatic N) is 4. The Labute approximate surface area is 199 Å². The number of benzene rings is 1. The molecule has 2 fully saturated rings. The van der Waals surface area contributed by atoms with Crippen LogP contribution in [0.3, 0.4) is 0 Å². The molecule has 1 amide bonds. The van der Waals surface area contributed by atoms with E-state index in [0.29, 0.717) is 52.2 Å². The van der Waals surface area contributed by atoms with Gasteiger partial charge in [0.15, 0.2) is 21.5 Å². The number of halogens is 4. The van der Waals surface area contributed by atoms with Crippen molar-refractivity contribution in [2.75, 3.05) is 36.1 Å². The van der Waals surface area contributed by atoms with Gasteiger partial charge in [-0.05, 0) is 43.0 Å². The summed E-state index contributed by atoms with van der Waals surface area (Å²) in [4.78, 5) is 19.8. The summed E-state index contributed by atoms with van der Waals surface area (Å²) in [5, 5.41) is 6.23. The van der Waals surface area contributed by atoms with Crippen LogP contribution in [0.5, 0.6) is 0 Å². The molecule has 3 heterocycles. The Morgan fingerprint density at radius 1 is 1.11 bits per heavy atom. The van der Waals surface area contributed by atoms with Crippen LogP contribution in [0.15, 0.2) is 21.6 Å². The summed E-state index contributed by atoms with van der Waals surface area (Å²) in [6.45, 7) is 1.98. The molecule has 1 aromatic carbocycles. The van der Waals surface area contributed by atoms with Gasteiger partial charge >= 0.3 is 5.92 Å². The van der Waals surface area contributed by atoms with Crippen LogP contribution in [-0.2, 0) is 20.6 Å². The highest BCUT2D eigenvalue weighted by atomic mass is 32.2. The standard InChI is InChI=1S/C21H25F4N5O4S/c1-21(24,25)19-27-20(28-34-19)29-8-5-12(6-9-29)30-7-3-4-16(18(30)31)26-17-14(22)10-13(11-15(17)23)35(2,32)33/h10-12,16,26H,3-9H2,1-2H3/t16-/m0/s1. The Kier molecular flexibility index (Phi) is 6.68. The van der Waals surface area contributed by atoms with Gasteiger partial charge < -0.3 is 19.6 Å². The van der Waals surface area contributed by atoms with Gasteiger partial charge in [-0.25, -0.2) is 17.2 Å². The Morgan fingerprint density at radius 3 is 2.29 bits per heavy atom. The summed E-state index contributed by atoms with van der Waals surface area (Å²) < 4.78 is 83.5. The van der Waals surface area contributed by atoms with Crippen molar-refractivity contribution in [2.24, 2.45) is 0 Å². The maximum absolute atomic E-state index is 14.5. The summed E-state index contributed by atoms with van der Waals surface area (Å²) in [5.41, 5.74) is -0.548. The first-order valence-corrected chi connectivity index (χ1v) is 13.0. The maximum atomic E-state index is 14.5. The van der Waals surface area contributed by atoms with Gasteiger partial charge in [-0.15, -0.1) is 0 Å². The third-order valence-electron chi connectivity index (χ3n) is 6.21. The van der Waals surface area contributed by atoms with Crippen LogP contribution in [0, 0.1) is 11.6 Å². The molecule has 1 aromatic heterocycles. The highest BCUT2D eigenvalue weighted by Gasteiger charge is 2.37. The Morgan fingerprint density at radius 2 is 1.74 bits per heavy atom. The molecule has 0 unspecified atom stereocenters. The van der Waals surface area contributed by atoms with E-state index in [1.807, 2.05) is 0 Å². The topological polar surface area (TPSA) is 109 Å². The van der Waals surface area contributed by atoms with Gasteiger partial charge in [-0.3, -0.25) is 4.79 Å². The van der Waals surface area contributed by atoms with Crippen LogP contribution < -0.4 is 10.2 Å². The van der Waals surface area contributed by atoms with Crippen LogP contribution in [0.2, 0.25) is 0 Å². The first-order valence-electron chi connectivity index (χ1n) is 11.1. The second-order valence-electron chi connectivity index (χ2n) is 8.91. The third-order valence-corrected chi connectivity index (χ3v) is 7.31. The number of carbonyl (C=O) groups is 1.